The van der Waals surface area contributed by atoms with Crippen LogP contribution in [0.3, 0.4) is 0 Å². The van der Waals surface area contributed by atoms with E-state index < -0.39 is 0 Å². The molecule has 0 atom stereocenters. The summed E-state index contributed by atoms with van der Waals surface area (Å²) in [5.41, 5.74) is -0.213. The Bertz CT molecular complexity index is 170. The number of rotatable bonds is 3. The highest BCUT2D eigenvalue weighted by molar-refractivity contribution is 5.86. The minimum absolute atomic E-state index is 0.126. The van der Waals surface area contributed by atoms with Crippen molar-refractivity contribution in [3.05, 3.63) is 12.7 Å². The molecule has 0 aliphatic rings. The molecule has 1 amide bonds. The maximum atomic E-state index is 11.0. The molecule has 0 spiro atoms. The lowest BCUT2D eigenvalue weighted by Gasteiger charge is -2.23. The molecule has 0 saturated heterocycles. The summed E-state index contributed by atoms with van der Waals surface area (Å²) in [6.07, 6.45) is 1.27. The van der Waals surface area contributed by atoms with Gasteiger partial charge in [0.2, 0.25) is 5.91 Å². The molecular weight excluding hydrogens is 154 g/mol. The second-order valence-corrected chi connectivity index (χ2v) is 3.63. The molecule has 0 N–H and O–H groups in total. The summed E-state index contributed by atoms with van der Waals surface area (Å²) in [6, 6.07) is 0. The Morgan fingerprint density at radius 2 is 2.08 bits per heavy atom. The van der Waals surface area contributed by atoms with E-state index >= 15 is 0 Å². The zero-order valence-electron chi connectivity index (χ0n) is 8.26. The van der Waals surface area contributed by atoms with Crippen LogP contribution < -0.4 is 0 Å². The number of carbonyl (C=O) groups excluding carboxylic acids is 1. The van der Waals surface area contributed by atoms with E-state index in [-0.39, 0.29) is 11.5 Å². The van der Waals surface area contributed by atoms with Gasteiger partial charge in [-0.25, -0.2) is 0 Å². The molecule has 12 heavy (non-hydrogen) atoms. The van der Waals surface area contributed by atoms with E-state index in [1.807, 2.05) is 20.8 Å². The third-order valence-electron chi connectivity index (χ3n) is 1.24. The second kappa shape index (κ2) is 4.26. The molecule has 3 nitrogen and oxygen atoms in total. The first-order valence-corrected chi connectivity index (χ1v) is 3.88. The number of hydrogen-bond donors (Lipinski definition) is 0. The highest BCUT2D eigenvalue weighted by Gasteiger charge is 2.12. The zero-order chi connectivity index (χ0) is 9.78. The monoisotopic (exact) mass is 171 g/mol. The number of carbonyl (C=O) groups is 1. The number of nitrogens with zero attached hydrogens (tertiary/aromatic N) is 1. The van der Waals surface area contributed by atoms with Gasteiger partial charge < -0.3 is 9.64 Å². The molecule has 0 aromatic carbocycles. The summed E-state index contributed by atoms with van der Waals surface area (Å²) >= 11 is 0. The van der Waals surface area contributed by atoms with Gasteiger partial charge >= 0.3 is 0 Å². The van der Waals surface area contributed by atoms with Crippen molar-refractivity contribution in [2.75, 3.05) is 13.8 Å². The predicted molar refractivity (Wildman–Crippen MR) is 48.7 cm³/mol. The molecule has 0 bridgehead atoms. The Balaban J connectivity index is 3.79. The van der Waals surface area contributed by atoms with Crippen LogP contribution in [-0.4, -0.2) is 30.2 Å². The second-order valence-electron chi connectivity index (χ2n) is 3.63. The first-order valence-electron chi connectivity index (χ1n) is 3.88. The van der Waals surface area contributed by atoms with Crippen LogP contribution in [0, 0.1) is 0 Å². The van der Waals surface area contributed by atoms with Gasteiger partial charge in [-0.2, -0.15) is 0 Å². The molecule has 0 aromatic rings. The Labute approximate surface area is 74.0 Å². The molecule has 0 unspecified atom stereocenters. The molecule has 0 heterocycles. The summed E-state index contributed by atoms with van der Waals surface area (Å²) in [4.78, 5) is 12.4. The fourth-order valence-corrected chi connectivity index (χ4v) is 0.510. The van der Waals surface area contributed by atoms with Crippen LogP contribution in [0.15, 0.2) is 12.7 Å². The molecular formula is C9H17NO2. The van der Waals surface area contributed by atoms with E-state index in [2.05, 4.69) is 6.58 Å². The quantitative estimate of drug-likeness (QED) is 0.474. The normalized spacial score (nSPS) is 11.0. The van der Waals surface area contributed by atoms with E-state index in [1.54, 1.807) is 7.05 Å². The van der Waals surface area contributed by atoms with Crippen LogP contribution >= 0.6 is 0 Å². The van der Waals surface area contributed by atoms with Crippen molar-refractivity contribution < 1.29 is 9.53 Å². The molecule has 3 heteroatoms. The standard InChI is InChI=1S/C9H17NO2/c1-6-8(11)10(5)7-12-9(2,3)4/h6H,1,7H2,2-5H3. The van der Waals surface area contributed by atoms with Gasteiger partial charge in [0, 0.05) is 7.05 Å². The Morgan fingerprint density at radius 3 is 2.42 bits per heavy atom. The summed E-state index contributed by atoms with van der Waals surface area (Å²) in [6.45, 7) is 9.51. The van der Waals surface area contributed by atoms with Crippen LogP contribution in [0.2, 0.25) is 0 Å². The van der Waals surface area contributed by atoms with Gasteiger partial charge in [0.1, 0.15) is 6.73 Å². The number of hydrogen-bond acceptors (Lipinski definition) is 2. The highest BCUT2D eigenvalue weighted by Crippen LogP contribution is 2.06. The topological polar surface area (TPSA) is 29.5 Å². The average Bonchev–Trinajstić information content (AvgIpc) is 1.97. The third kappa shape index (κ3) is 4.91. The Kier molecular flexibility index (Phi) is 3.96. The Morgan fingerprint density at radius 1 is 1.58 bits per heavy atom. The number of likely N-dealkylation sites (N-methyl/N-ethyl adjacent to an activating group) is 1. The van der Waals surface area contributed by atoms with E-state index in [4.69, 9.17) is 4.74 Å². The first-order chi connectivity index (χ1) is 5.37. The lowest BCUT2D eigenvalue weighted by Crippen LogP contribution is -2.32. The predicted octanol–water partition coefficient (Wildman–Crippen LogP) is 1.40. The summed E-state index contributed by atoms with van der Waals surface area (Å²) < 4.78 is 5.37. The lowest BCUT2D eigenvalue weighted by atomic mass is 10.2. The van der Waals surface area contributed by atoms with Crippen molar-refractivity contribution in [1.29, 1.82) is 0 Å². The van der Waals surface area contributed by atoms with E-state index in [0.29, 0.717) is 6.73 Å². The third-order valence-corrected chi connectivity index (χ3v) is 1.24. The van der Waals surface area contributed by atoms with Crippen LogP contribution in [0.1, 0.15) is 20.8 Å². The van der Waals surface area contributed by atoms with Crippen molar-refractivity contribution in [3.63, 3.8) is 0 Å². The average molecular weight is 171 g/mol. The summed E-state index contributed by atoms with van der Waals surface area (Å²) in [5.74, 6) is -0.126. The van der Waals surface area contributed by atoms with Crippen LogP contribution in [-0.2, 0) is 9.53 Å². The smallest absolute Gasteiger partial charge is 0.247 e. The summed E-state index contributed by atoms with van der Waals surface area (Å²) in [5, 5.41) is 0. The van der Waals surface area contributed by atoms with Crippen LogP contribution in [0.4, 0.5) is 0 Å². The van der Waals surface area contributed by atoms with Crippen LogP contribution in [0.5, 0.6) is 0 Å². The maximum Gasteiger partial charge on any atom is 0.247 e. The van der Waals surface area contributed by atoms with Gasteiger partial charge in [-0.3, -0.25) is 4.79 Å². The fraction of sp³-hybridized carbons (Fsp3) is 0.667. The molecule has 0 aliphatic carbocycles. The van der Waals surface area contributed by atoms with Crippen molar-refractivity contribution in [1.82, 2.24) is 4.90 Å². The minimum atomic E-state index is -0.213. The maximum absolute atomic E-state index is 11.0. The van der Waals surface area contributed by atoms with Crippen LogP contribution in [0.25, 0.3) is 0 Å². The van der Waals surface area contributed by atoms with Crippen molar-refractivity contribution in [3.8, 4) is 0 Å². The Hall–Kier alpha value is -0.830. The van der Waals surface area contributed by atoms with Gasteiger partial charge in [0.05, 0.1) is 5.60 Å². The summed E-state index contributed by atoms with van der Waals surface area (Å²) in [7, 11) is 1.68. The van der Waals surface area contributed by atoms with Gasteiger partial charge in [-0.1, -0.05) is 6.58 Å². The minimum Gasteiger partial charge on any atom is -0.355 e. The number of amides is 1. The van der Waals surface area contributed by atoms with Crippen molar-refractivity contribution >= 4 is 5.91 Å². The highest BCUT2D eigenvalue weighted by atomic mass is 16.5. The molecule has 0 radical (unpaired) electrons. The largest absolute Gasteiger partial charge is 0.355 e. The van der Waals surface area contributed by atoms with E-state index in [1.165, 1.54) is 11.0 Å². The van der Waals surface area contributed by atoms with Gasteiger partial charge in [-0.15, -0.1) is 0 Å². The number of ether oxygens (including phenoxy) is 1. The van der Waals surface area contributed by atoms with Crippen molar-refractivity contribution in [2.24, 2.45) is 0 Å². The molecule has 70 valence electrons. The van der Waals surface area contributed by atoms with Gasteiger partial charge in [0.15, 0.2) is 0 Å². The molecule has 0 fully saturated rings. The molecule has 0 aliphatic heterocycles. The molecule has 0 saturated carbocycles. The zero-order valence-corrected chi connectivity index (χ0v) is 8.26. The fourth-order valence-electron chi connectivity index (χ4n) is 0.510. The van der Waals surface area contributed by atoms with Gasteiger partial charge in [-0.05, 0) is 26.8 Å². The SMILES string of the molecule is C=CC(=O)N(C)COC(C)(C)C. The van der Waals surface area contributed by atoms with E-state index in [9.17, 15) is 4.79 Å². The van der Waals surface area contributed by atoms with Crippen molar-refractivity contribution in [2.45, 2.75) is 26.4 Å². The lowest BCUT2D eigenvalue weighted by molar-refractivity contribution is -0.134. The molecule has 0 aromatic heterocycles. The first kappa shape index (κ1) is 11.2. The van der Waals surface area contributed by atoms with Gasteiger partial charge in [0.25, 0.3) is 0 Å². The van der Waals surface area contributed by atoms with E-state index in [0.717, 1.165) is 0 Å². The molecule has 0 rings (SSSR count).